The zero-order chi connectivity index (χ0) is 12.4. The van der Waals surface area contributed by atoms with Crippen LogP contribution in [0.2, 0.25) is 0 Å². The van der Waals surface area contributed by atoms with E-state index in [0.29, 0.717) is 6.54 Å². The molecule has 0 amide bonds. The molecule has 1 heterocycles. The summed E-state index contributed by atoms with van der Waals surface area (Å²) < 4.78 is 1.07. The molecule has 0 aliphatic heterocycles. The molecule has 4 heteroatoms. The average Bonchev–Trinajstić information content (AvgIpc) is 2.65. The Balaban J connectivity index is 2.49. The van der Waals surface area contributed by atoms with Crippen molar-refractivity contribution >= 4 is 15.9 Å². The van der Waals surface area contributed by atoms with Gasteiger partial charge in [0.05, 0.1) is 5.69 Å². The Labute approximate surface area is 110 Å². The standard InChI is InChI=1S/C13H16BrN3/c1-8-3-4-10(14)7-11(8)13-9(2)12(5-6-15)16-17-13/h3-4,7H,5-6,15H2,1-2H3,(H,16,17). The lowest BCUT2D eigenvalue weighted by atomic mass is 10.0. The molecule has 0 saturated heterocycles. The lowest BCUT2D eigenvalue weighted by Gasteiger charge is -2.05. The first kappa shape index (κ1) is 12.3. The molecular formula is C13H16BrN3. The van der Waals surface area contributed by atoms with Crippen LogP contribution in [0.25, 0.3) is 11.3 Å². The summed E-state index contributed by atoms with van der Waals surface area (Å²) in [7, 11) is 0. The predicted octanol–water partition coefficient (Wildman–Crippen LogP) is 2.96. The second-order valence-corrected chi connectivity index (χ2v) is 5.09. The fourth-order valence-electron chi connectivity index (χ4n) is 1.93. The van der Waals surface area contributed by atoms with Crippen LogP contribution in [0.15, 0.2) is 22.7 Å². The van der Waals surface area contributed by atoms with Gasteiger partial charge in [0, 0.05) is 22.2 Å². The number of halogens is 1. The Morgan fingerprint density at radius 3 is 2.82 bits per heavy atom. The maximum Gasteiger partial charge on any atom is 0.0955 e. The molecule has 0 bridgehead atoms. The highest BCUT2D eigenvalue weighted by molar-refractivity contribution is 9.10. The number of aryl methyl sites for hydroxylation is 1. The van der Waals surface area contributed by atoms with E-state index in [9.17, 15) is 0 Å². The van der Waals surface area contributed by atoms with Crippen molar-refractivity contribution in [2.24, 2.45) is 5.73 Å². The summed E-state index contributed by atoms with van der Waals surface area (Å²) in [4.78, 5) is 0. The first-order valence-electron chi connectivity index (χ1n) is 5.64. The molecule has 1 aromatic carbocycles. The number of hydrogen-bond acceptors (Lipinski definition) is 2. The maximum atomic E-state index is 5.58. The molecule has 0 saturated carbocycles. The van der Waals surface area contributed by atoms with Gasteiger partial charge in [0.15, 0.2) is 0 Å². The Morgan fingerprint density at radius 1 is 1.35 bits per heavy atom. The minimum Gasteiger partial charge on any atom is -0.330 e. The Morgan fingerprint density at radius 2 is 2.12 bits per heavy atom. The number of nitrogens with zero attached hydrogens (tertiary/aromatic N) is 1. The molecule has 3 nitrogen and oxygen atoms in total. The molecule has 2 rings (SSSR count). The van der Waals surface area contributed by atoms with Crippen molar-refractivity contribution < 1.29 is 0 Å². The van der Waals surface area contributed by atoms with Gasteiger partial charge in [-0.2, -0.15) is 5.10 Å². The monoisotopic (exact) mass is 293 g/mol. The molecule has 3 N–H and O–H groups in total. The van der Waals surface area contributed by atoms with E-state index in [1.165, 1.54) is 11.1 Å². The molecule has 0 unspecified atom stereocenters. The van der Waals surface area contributed by atoms with Gasteiger partial charge in [-0.3, -0.25) is 5.10 Å². The highest BCUT2D eigenvalue weighted by Gasteiger charge is 2.12. The zero-order valence-electron chi connectivity index (χ0n) is 10.0. The van der Waals surface area contributed by atoms with Crippen molar-refractivity contribution in [2.45, 2.75) is 20.3 Å². The molecular weight excluding hydrogens is 278 g/mol. The van der Waals surface area contributed by atoms with Crippen LogP contribution in [0.1, 0.15) is 16.8 Å². The van der Waals surface area contributed by atoms with E-state index in [-0.39, 0.29) is 0 Å². The van der Waals surface area contributed by atoms with Gasteiger partial charge in [-0.1, -0.05) is 22.0 Å². The fraction of sp³-hybridized carbons (Fsp3) is 0.308. The molecule has 2 aromatic rings. The first-order chi connectivity index (χ1) is 8.13. The normalized spacial score (nSPS) is 10.8. The summed E-state index contributed by atoms with van der Waals surface area (Å²) in [6, 6.07) is 6.24. The minimum atomic E-state index is 0.639. The molecule has 0 atom stereocenters. The number of rotatable bonds is 3. The SMILES string of the molecule is Cc1ccc(Br)cc1-c1n[nH]c(CCN)c1C. The van der Waals surface area contributed by atoms with E-state index in [2.05, 4.69) is 52.1 Å². The average molecular weight is 294 g/mol. The van der Waals surface area contributed by atoms with E-state index >= 15 is 0 Å². The van der Waals surface area contributed by atoms with E-state index < -0.39 is 0 Å². The minimum absolute atomic E-state index is 0.639. The molecule has 17 heavy (non-hydrogen) atoms. The molecule has 90 valence electrons. The van der Waals surface area contributed by atoms with Gasteiger partial charge < -0.3 is 5.73 Å². The lowest BCUT2D eigenvalue weighted by Crippen LogP contribution is -2.03. The number of H-pyrrole nitrogens is 1. The van der Waals surface area contributed by atoms with Crippen LogP contribution in [0.5, 0.6) is 0 Å². The number of aromatic nitrogens is 2. The summed E-state index contributed by atoms with van der Waals surface area (Å²) in [5.41, 5.74) is 11.3. The summed E-state index contributed by atoms with van der Waals surface area (Å²) in [5, 5.41) is 7.48. The van der Waals surface area contributed by atoms with Crippen molar-refractivity contribution in [3.8, 4) is 11.3 Å². The van der Waals surface area contributed by atoms with Crippen LogP contribution in [-0.2, 0) is 6.42 Å². The molecule has 0 fully saturated rings. The van der Waals surface area contributed by atoms with Crippen molar-refractivity contribution in [2.75, 3.05) is 6.54 Å². The van der Waals surface area contributed by atoms with E-state index in [4.69, 9.17) is 5.73 Å². The number of nitrogens with one attached hydrogen (secondary N) is 1. The lowest BCUT2D eigenvalue weighted by molar-refractivity contribution is 0.896. The van der Waals surface area contributed by atoms with Gasteiger partial charge in [0.25, 0.3) is 0 Å². The Bertz CT molecular complexity index is 531. The third-order valence-corrected chi connectivity index (χ3v) is 3.45. The van der Waals surface area contributed by atoms with Crippen molar-refractivity contribution in [3.05, 3.63) is 39.5 Å². The van der Waals surface area contributed by atoms with Crippen molar-refractivity contribution in [1.82, 2.24) is 10.2 Å². The van der Waals surface area contributed by atoms with Gasteiger partial charge in [0.2, 0.25) is 0 Å². The maximum absolute atomic E-state index is 5.58. The van der Waals surface area contributed by atoms with Crippen LogP contribution < -0.4 is 5.73 Å². The largest absolute Gasteiger partial charge is 0.330 e. The molecule has 0 aliphatic carbocycles. The van der Waals surface area contributed by atoms with Crippen molar-refractivity contribution in [1.29, 1.82) is 0 Å². The Kier molecular flexibility index (Phi) is 3.64. The smallest absolute Gasteiger partial charge is 0.0955 e. The van der Waals surface area contributed by atoms with Crippen LogP contribution in [0.3, 0.4) is 0 Å². The van der Waals surface area contributed by atoms with Gasteiger partial charge in [-0.25, -0.2) is 0 Å². The number of nitrogens with two attached hydrogens (primary N) is 1. The molecule has 0 spiro atoms. The number of aromatic amines is 1. The number of benzene rings is 1. The topological polar surface area (TPSA) is 54.7 Å². The van der Waals surface area contributed by atoms with Crippen LogP contribution in [-0.4, -0.2) is 16.7 Å². The predicted molar refractivity (Wildman–Crippen MR) is 74.0 cm³/mol. The van der Waals surface area contributed by atoms with Gasteiger partial charge in [-0.05, 0) is 43.7 Å². The Hall–Kier alpha value is -1.13. The highest BCUT2D eigenvalue weighted by atomic mass is 79.9. The van der Waals surface area contributed by atoms with E-state index in [1.807, 2.05) is 6.07 Å². The third kappa shape index (κ3) is 2.42. The quantitative estimate of drug-likeness (QED) is 0.914. The fourth-order valence-corrected chi connectivity index (χ4v) is 2.29. The molecule has 0 aliphatic rings. The molecule has 1 aromatic heterocycles. The zero-order valence-corrected chi connectivity index (χ0v) is 11.6. The number of hydrogen-bond donors (Lipinski definition) is 2. The second-order valence-electron chi connectivity index (χ2n) is 4.17. The second kappa shape index (κ2) is 5.02. The van der Waals surface area contributed by atoms with Crippen molar-refractivity contribution in [3.63, 3.8) is 0 Å². The first-order valence-corrected chi connectivity index (χ1v) is 6.43. The summed E-state index contributed by atoms with van der Waals surface area (Å²) in [6.45, 7) is 4.82. The van der Waals surface area contributed by atoms with Crippen LogP contribution in [0.4, 0.5) is 0 Å². The van der Waals surface area contributed by atoms with Crippen LogP contribution in [0, 0.1) is 13.8 Å². The van der Waals surface area contributed by atoms with Gasteiger partial charge in [-0.15, -0.1) is 0 Å². The van der Waals surface area contributed by atoms with E-state index in [1.54, 1.807) is 0 Å². The van der Waals surface area contributed by atoms with E-state index in [0.717, 1.165) is 27.8 Å². The van der Waals surface area contributed by atoms with Gasteiger partial charge in [0.1, 0.15) is 0 Å². The van der Waals surface area contributed by atoms with Gasteiger partial charge >= 0.3 is 0 Å². The highest BCUT2D eigenvalue weighted by Crippen LogP contribution is 2.28. The van der Waals surface area contributed by atoms with Crippen LogP contribution >= 0.6 is 15.9 Å². The summed E-state index contributed by atoms with van der Waals surface area (Å²) in [6.07, 6.45) is 0.839. The summed E-state index contributed by atoms with van der Waals surface area (Å²) in [5.74, 6) is 0. The summed E-state index contributed by atoms with van der Waals surface area (Å²) >= 11 is 3.50. The molecule has 0 radical (unpaired) electrons. The third-order valence-electron chi connectivity index (χ3n) is 2.96.